The van der Waals surface area contributed by atoms with Gasteiger partial charge in [-0.3, -0.25) is 4.79 Å². The first kappa shape index (κ1) is 15.8. The van der Waals surface area contributed by atoms with Gasteiger partial charge in [-0.05, 0) is 30.9 Å². The van der Waals surface area contributed by atoms with Crippen molar-refractivity contribution in [2.75, 3.05) is 18.5 Å². The van der Waals surface area contributed by atoms with Crippen LogP contribution in [-0.2, 0) is 9.53 Å². The van der Waals surface area contributed by atoms with E-state index in [2.05, 4.69) is 19.2 Å². The molecule has 1 aromatic carbocycles. The fraction of sp³-hybridized carbons (Fsp3) is 0.562. The van der Waals surface area contributed by atoms with Gasteiger partial charge in [0.2, 0.25) is 0 Å². The Labute approximate surface area is 125 Å². The van der Waals surface area contributed by atoms with Crippen LogP contribution in [0.1, 0.15) is 26.7 Å². The van der Waals surface area contributed by atoms with Gasteiger partial charge in [-0.15, -0.1) is 0 Å². The highest BCUT2D eigenvalue weighted by Gasteiger charge is 2.29. The third-order valence-electron chi connectivity index (χ3n) is 3.35. The van der Waals surface area contributed by atoms with E-state index < -0.39 is 6.10 Å². The standard InChI is InChI=1S/C16H24N2O3/c1-11(2)10-20-13-5-3-4-12(8-13)18-16(19)15-7-6-14(9-17)21-15/h3-5,8,11,14-15H,6-7,9-10,17H2,1-2H3,(H,18,19). The maximum Gasteiger partial charge on any atom is 0.253 e. The predicted molar refractivity (Wildman–Crippen MR) is 82.4 cm³/mol. The summed E-state index contributed by atoms with van der Waals surface area (Å²) < 4.78 is 11.2. The van der Waals surface area contributed by atoms with Crippen LogP contribution >= 0.6 is 0 Å². The number of nitrogens with two attached hydrogens (primary N) is 1. The second-order valence-corrected chi connectivity index (χ2v) is 5.78. The van der Waals surface area contributed by atoms with E-state index in [-0.39, 0.29) is 12.0 Å². The largest absolute Gasteiger partial charge is 0.493 e. The number of hydrogen-bond acceptors (Lipinski definition) is 4. The summed E-state index contributed by atoms with van der Waals surface area (Å²) in [5.74, 6) is 1.10. The molecule has 1 amide bonds. The van der Waals surface area contributed by atoms with Crippen molar-refractivity contribution in [2.45, 2.75) is 38.9 Å². The normalized spacial score (nSPS) is 21.5. The lowest BCUT2D eigenvalue weighted by atomic mass is 10.2. The van der Waals surface area contributed by atoms with Crippen LogP contribution in [0.3, 0.4) is 0 Å². The Bertz CT molecular complexity index is 476. The summed E-state index contributed by atoms with van der Waals surface area (Å²) in [6.07, 6.45) is 1.16. The minimum absolute atomic E-state index is 0.00135. The van der Waals surface area contributed by atoms with E-state index in [9.17, 15) is 4.79 Å². The number of ether oxygens (including phenoxy) is 2. The van der Waals surface area contributed by atoms with Crippen molar-refractivity contribution >= 4 is 11.6 Å². The van der Waals surface area contributed by atoms with Crippen molar-refractivity contribution in [1.29, 1.82) is 0 Å². The van der Waals surface area contributed by atoms with Gasteiger partial charge in [-0.25, -0.2) is 0 Å². The number of carbonyl (C=O) groups excluding carboxylic acids is 1. The highest BCUT2D eigenvalue weighted by atomic mass is 16.5. The topological polar surface area (TPSA) is 73.6 Å². The summed E-state index contributed by atoms with van der Waals surface area (Å²) in [5, 5.41) is 2.87. The number of nitrogens with one attached hydrogen (secondary N) is 1. The van der Waals surface area contributed by atoms with E-state index in [0.29, 0.717) is 19.1 Å². The molecule has 2 rings (SSSR count). The Morgan fingerprint density at radius 1 is 1.48 bits per heavy atom. The predicted octanol–water partition coefficient (Wildman–Crippen LogP) is 2.17. The van der Waals surface area contributed by atoms with E-state index >= 15 is 0 Å². The van der Waals surface area contributed by atoms with E-state index in [1.165, 1.54) is 0 Å². The molecular formula is C16H24N2O3. The van der Waals surface area contributed by atoms with Crippen LogP contribution in [-0.4, -0.2) is 31.3 Å². The van der Waals surface area contributed by atoms with Gasteiger partial charge in [0.15, 0.2) is 0 Å². The second kappa shape index (κ2) is 7.43. The summed E-state index contributed by atoms with van der Waals surface area (Å²) in [6, 6.07) is 7.42. The van der Waals surface area contributed by atoms with Crippen LogP contribution in [0, 0.1) is 5.92 Å². The van der Waals surface area contributed by atoms with Crippen molar-refractivity contribution < 1.29 is 14.3 Å². The Kier molecular flexibility index (Phi) is 5.59. The van der Waals surface area contributed by atoms with Crippen molar-refractivity contribution in [2.24, 2.45) is 11.7 Å². The molecule has 1 fully saturated rings. The minimum atomic E-state index is -0.404. The molecule has 3 N–H and O–H groups in total. The molecule has 0 saturated carbocycles. The fourth-order valence-electron chi connectivity index (χ4n) is 2.22. The average molecular weight is 292 g/mol. The summed E-state index contributed by atoms with van der Waals surface area (Å²) in [5.41, 5.74) is 6.28. The fourth-order valence-corrected chi connectivity index (χ4v) is 2.22. The maximum absolute atomic E-state index is 12.1. The molecule has 2 atom stereocenters. The van der Waals surface area contributed by atoms with Gasteiger partial charge in [0.25, 0.3) is 5.91 Å². The van der Waals surface area contributed by atoms with Crippen LogP contribution in [0.2, 0.25) is 0 Å². The molecule has 0 radical (unpaired) electrons. The number of amides is 1. The minimum Gasteiger partial charge on any atom is -0.493 e. The van der Waals surface area contributed by atoms with Crippen LogP contribution < -0.4 is 15.8 Å². The van der Waals surface area contributed by atoms with Gasteiger partial charge in [0, 0.05) is 18.3 Å². The van der Waals surface area contributed by atoms with Crippen LogP contribution in [0.25, 0.3) is 0 Å². The lowest BCUT2D eigenvalue weighted by Gasteiger charge is -2.14. The first-order valence-corrected chi connectivity index (χ1v) is 7.47. The first-order chi connectivity index (χ1) is 10.1. The van der Waals surface area contributed by atoms with E-state index in [4.69, 9.17) is 15.2 Å². The lowest BCUT2D eigenvalue weighted by Crippen LogP contribution is -2.29. The Hall–Kier alpha value is -1.59. The SMILES string of the molecule is CC(C)COc1cccc(NC(=O)C2CCC(CN)O2)c1. The molecule has 0 aromatic heterocycles. The highest BCUT2D eigenvalue weighted by Crippen LogP contribution is 2.22. The van der Waals surface area contributed by atoms with Gasteiger partial charge >= 0.3 is 0 Å². The molecule has 21 heavy (non-hydrogen) atoms. The Morgan fingerprint density at radius 2 is 2.29 bits per heavy atom. The Balaban J connectivity index is 1.90. The molecule has 5 nitrogen and oxygen atoms in total. The number of rotatable bonds is 6. The number of hydrogen-bond donors (Lipinski definition) is 2. The number of carbonyl (C=O) groups is 1. The molecule has 1 aliphatic rings. The molecule has 1 heterocycles. The maximum atomic E-state index is 12.1. The van der Waals surface area contributed by atoms with Gasteiger partial charge < -0.3 is 20.5 Å². The molecule has 116 valence electrons. The van der Waals surface area contributed by atoms with Crippen LogP contribution in [0.4, 0.5) is 5.69 Å². The van der Waals surface area contributed by atoms with E-state index in [1.54, 1.807) is 0 Å². The van der Waals surface area contributed by atoms with Crippen molar-refractivity contribution in [3.05, 3.63) is 24.3 Å². The van der Waals surface area contributed by atoms with Crippen LogP contribution in [0.15, 0.2) is 24.3 Å². The Morgan fingerprint density at radius 3 is 2.95 bits per heavy atom. The smallest absolute Gasteiger partial charge is 0.253 e. The molecule has 1 saturated heterocycles. The molecule has 5 heteroatoms. The molecule has 1 aliphatic heterocycles. The third kappa shape index (κ3) is 4.72. The van der Waals surface area contributed by atoms with Gasteiger partial charge in [-0.1, -0.05) is 19.9 Å². The number of benzene rings is 1. The molecule has 0 aliphatic carbocycles. The molecule has 0 bridgehead atoms. The lowest BCUT2D eigenvalue weighted by molar-refractivity contribution is -0.126. The first-order valence-electron chi connectivity index (χ1n) is 7.47. The van der Waals surface area contributed by atoms with Gasteiger partial charge in [0.1, 0.15) is 11.9 Å². The molecular weight excluding hydrogens is 268 g/mol. The van der Waals surface area contributed by atoms with Gasteiger partial charge in [-0.2, -0.15) is 0 Å². The zero-order valence-electron chi connectivity index (χ0n) is 12.7. The quantitative estimate of drug-likeness (QED) is 0.842. The summed E-state index contributed by atoms with van der Waals surface area (Å²) >= 11 is 0. The zero-order chi connectivity index (χ0) is 15.2. The molecule has 0 spiro atoms. The average Bonchev–Trinajstić information content (AvgIpc) is 2.94. The molecule has 2 unspecified atom stereocenters. The van der Waals surface area contributed by atoms with E-state index in [0.717, 1.165) is 24.3 Å². The van der Waals surface area contributed by atoms with Crippen molar-refractivity contribution in [1.82, 2.24) is 0 Å². The van der Waals surface area contributed by atoms with Crippen LogP contribution in [0.5, 0.6) is 5.75 Å². The third-order valence-corrected chi connectivity index (χ3v) is 3.35. The summed E-state index contributed by atoms with van der Waals surface area (Å²) in [6.45, 7) is 5.30. The van der Waals surface area contributed by atoms with E-state index in [1.807, 2.05) is 24.3 Å². The number of anilines is 1. The monoisotopic (exact) mass is 292 g/mol. The summed E-state index contributed by atoms with van der Waals surface area (Å²) in [7, 11) is 0. The van der Waals surface area contributed by atoms with Gasteiger partial charge in [0.05, 0.1) is 12.7 Å². The van der Waals surface area contributed by atoms with Crippen molar-refractivity contribution in [3.8, 4) is 5.75 Å². The zero-order valence-corrected chi connectivity index (χ0v) is 12.7. The summed E-state index contributed by atoms with van der Waals surface area (Å²) in [4.78, 5) is 12.1. The van der Waals surface area contributed by atoms with Crippen molar-refractivity contribution in [3.63, 3.8) is 0 Å². The highest BCUT2D eigenvalue weighted by molar-refractivity contribution is 5.94. The molecule has 1 aromatic rings. The second-order valence-electron chi connectivity index (χ2n) is 5.78.